The molecule has 0 radical (unpaired) electrons. The van der Waals surface area contributed by atoms with Gasteiger partial charge < -0.3 is 10.1 Å². The maximum absolute atomic E-state index is 12.0. The molecule has 0 fully saturated rings. The molecule has 1 N–H and O–H groups in total. The number of nitro groups is 2. The number of halogens is 1. The Labute approximate surface area is 157 Å². The van der Waals surface area contributed by atoms with Crippen LogP contribution in [0.15, 0.2) is 36.4 Å². The summed E-state index contributed by atoms with van der Waals surface area (Å²) >= 11 is 5.72. The first-order valence-electron chi connectivity index (χ1n) is 7.35. The minimum absolute atomic E-state index is 0.0870. The Kier molecular flexibility index (Phi) is 6.03. The Morgan fingerprint density at radius 1 is 1.07 bits per heavy atom. The van der Waals surface area contributed by atoms with E-state index in [-0.39, 0.29) is 16.4 Å². The van der Waals surface area contributed by atoms with Gasteiger partial charge in [0.25, 0.3) is 17.3 Å². The molecule has 0 aliphatic rings. The standard InChI is InChI=1S/C16H12ClN3O7/c1-9-2-4-11(7-14(9)20(25)26)18-15(21)8-27-16(22)12-6-10(17)3-5-13(12)19(23)24/h2-7H,8H2,1H3,(H,18,21). The van der Waals surface area contributed by atoms with Gasteiger partial charge in [0.15, 0.2) is 6.61 Å². The van der Waals surface area contributed by atoms with Gasteiger partial charge in [-0.2, -0.15) is 0 Å². The van der Waals surface area contributed by atoms with Gasteiger partial charge in [-0.15, -0.1) is 0 Å². The number of aryl methyl sites for hydroxylation is 1. The van der Waals surface area contributed by atoms with E-state index in [2.05, 4.69) is 5.32 Å². The van der Waals surface area contributed by atoms with E-state index in [1.165, 1.54) is 18.2 Å². The summed E-state index contributed by atoms with van der Waals surface area (Å²) in [4.78, 5) is 44.4. The highest BCUT2D eigenvalue weighted by Gasteiger charge is 2.22. The number of nitro benzene ring substituents is 2. The zero-order valence-electron chi connectivity index (χ0n) is 13.8. The molecule has 0 saturated heterocycles. The Bertz CT molecular complexity index is 946. The monoisotopic (exact) mass is 393 g/mol. The van der Waals surface area contributed by atoms with Gasteiger partial charge in [-0.25, -0.2) is 4.79 Å². The molecule has 0 aromatic heterocycles. The number of nitrogens with one attached hydrogen (secondary N) is 1. The summed E-state index contributed by atoms with van der Waals surface area (Å²) in [6, 6.07) is 7.41. The number of ether oxygens (including phenoxy) is 1. The predicted molar refractivity (Wildman–Crippen MR) is 94.9 cm³/mol. The first-order valence-corrected chi connectivity index (χ1v) is 7.73. The van der Waals surface area contributed by atoms with Crippen LogP contribution in [0.25, 0.3) is 0 Å². The van der Waals surface area contributed by atoms with Gasteiger partial charge in [0.05, 0.1) is 9.85 Å². The molecule has 10 nitrogen and oxygen atoms in total. The van der Waals surface area contributed by atoms with E-state index < -0.39 is 39.6 Å². The van der Waals surface area contributed by atoms with Crippen LogP contribution in [0.1, 0.15) is 15.9 Å². The number of rotatable bonds is 6. The van der Waals surface area contributed by atoms with Crippen LogP contribution in [-0.4, -0.2) is 28.3 Å². The topological polar surface area (TPSA) is 142 Å². The maximum Gasteiger partial charge on any atom is 0.345 e. The van der Waals surface area contributed by atoms with Crippen molar-refractivity contribution in [3.05, 3.63) is 72.8 Å². The number of anilines is 1. The molecule has 140 valence electrons. The predicted octanol–water partition coefficient (Wildman–Crippen LogP) is 3.26. The van der Waals surface area contributed by atoms with Crippen LogP contribution in [0, 0.1) is 27.2 Å². The lowest BCUT2D eigenvalue weighted by Gasteiger charge is -2.08. The van der Waals surface area contributed by atoms with Crippen LogP contribution in [0.3, 0.4) is 0 Å². The number of hydrogen-bond donors (Lipinski definition) is 1. The third-order valence-electron chi connectivity index (χ3n) is 3.40. The summed E-state index contributed by atoms with van der Waals surface area (Å²) < 4.78 is 4.76. The van der Waals surface area contributed by atoms with Crippen LogP contribution in [0.5, 0.6) is 0 Å². The minimum atomic E-state index is -1.10. The van der Waals surface area contributed by atoms with Crippen molar-refractivity contribution in [3.8, 4) is 0 Å². The van der Waals surface area contributed by atoms with Gasteiger partial charge in [-0.3, -0.25) is 25.0 Å². The third-order valence-corrected chi connectivity index (χ3v) is 3.63. The molecule has 0 aliphatic heterocycles. The number of carbonyl (C=O) groups is 2. The summed E-state index contributed by atoms with van der Waals surface area (Å²) in [6.07, 6.45) is 0. The average molecular weight is 394 g/mol. The molecule has 0 aliphatic carbocycles. The Hall–Kier alpha value is -3.53. The van der Waals surface area contributed by atoms with E-state index in [4.69, 9.17) is 16.3 Å². The largest absolute Gasteiger partial charge is 0.452 e. The van der Waals surface area contributed by atoms with E-state index in [0.29, 0.717) is 5.56 Å². The molecule has 0 atom stereocenters. The summed E-state index contributed by atoms with van der Waals surface area (Å²) in [5.41, 5.74) is -0.538. The van der Waals surface area contributed by atoms with E-state index in [0.717, 1.165) is 18.2 Å². The highest BCUT2D eigenvalue weighted by Crippen LogP contribution is 2.24. The van der Waals surface area contributed by atoms with E-state index >= 15 is 0 Å². The molecule has 2 aromatic rings. The molecule has 0 bridgehead atoms. The van der Waals surface area contributed by atoms with Crippen molar-refractivity contribution in [3.63, 3.8) is 0 Å². The zero-order chi connectivity index (χ0) is 20.1. The van der Waals surface area contributed by atoms with Crippen molar-refractivity contribution < 1.29 is 24.2 Å². The fourth-order valence-corrected chi connectivity index (χ4v) is 2.29. The first-order chi connectivity index (χ1) is 12.7. The number of carbonyl (C=O) groups excluding carboxylic acids is 2. The average Bonchev–Trinajstić information content (AvgIpc) is 2.60. The van der Waals surface area contributed by atoms with Crippen molar-refractivity contribution >= 4 is 40.5 Å². The number of hydrogen-bond acceptors (Lipinski definition) is 7. The molecule has 0 unspecified atom stereocenters. The Morgan fingerprint density at radius 2 is 1.74 bits per heavy atom. The molecule has 11 heteroatoms. The first kappa shape index (κ1) is 19.8. The second kappa shape index (κ2) is 8.23. The summed E-state index contributed by atoms with van der Waals surface area (Å²) in [7, 11) is 0. The highest BCUT2D eigenvalue weighted by molar-refractivity contribution is 6.31. The van der Waals surface area contributed by atoms with Gasteiger partial charge in [0, 0.05) is 28.4 Å². The van der Waals surface area contributed by atoms with Crippen LogP contribution >= 0.6 is 11.6 Å². The number of amides is 1. The molecule has 1 amide bonds. The lowest BCUT2D eigenvalue weighted by atomic mass is 10.2. The Morgan fingerprint density at radius 3 is 2.37 bits per heavy atom. The van der Waals surface area contributed by atoms with Crippen LogP contribution < -0.4 is 5.32 Å². The molecule has 2 rings (SSSR count). The van der Waals surface area contributed by atoms with Crippen LogP contribution in [0.2, 0.25) is 5.02 Å². The van der Waals surface area contributed by atoms with Crippen LogP contribution in [0.4, 0.5) is 17.1 Å². The molecule has 0 spiro atoms. The van der Waals surface area contributed by atoms with Crippen LogP contribution in [-0.2, 0) is 9.53 Å². The SMILES string of the molecule is Cc1ccc(NC(=O)COC(=O)c2cc(Cl)ccc2[N+](=O)[O-])cc1[N+](=O)[O-]. The molecular weight excluding hydrogens is 382 g/mol. The van der Waals surface area contributed by atoms with E-state index in [1.54, 1.807) is 6.92 Å². The van der Waals surface area contributed by atoms with Crippen molar-refractivity contribution in [1.82, 2.24) is 0 Å². The third kappa shape index (κ3) is 4.98. The maximum atomic E-state index is 12.0. The molecule has 0 saturated carbocycles. The summed E-state index contributed by atoms with van der Waals surface area (Å²) in [5, 5.41) is 24.3. The smallest absolute Gasteiger partial charge is 0.345 e. The van der Waals surface area contributed by atoms with Gasteiger partial charge in [-0.05, 0) is 25.1 Å². The van der Waals surface area contributed by atoms with Crippen molar-refractivity contribution in [2.75, 3.05) is 11.9 Å². The second-order valence-electron chi connectivity index (χ2n) is 5.30. The van der Waals surface area contributed by atoms with Crippen molar-refractivity contribution in [2.24, 2.45) is 0 Å². The van der Waals surface area contributed by atoms with Crippen molar-refractivity contribution in [1.29, 1.82) is 0 Å². The molecule has 0 heterocycles. The summed E-state index contributed by atoms with van der Waals surface area (Å²) in [5.74, 6) is -1.87. The van der Waals surface area contributed by atoms with Gasteiger partial charge in [0.1, 0.15) is 5.56 Å². The van der Waals surface area contributed by atoms with Gasteiger partial charge in [0.2, 0.25) is 0 Å². The molecular formula is C16H12ClN3O7. The Balaban J connectivity index is 2.05. The second-order valence-corrected chi connectivity index (χ2v) is 5.74. The fourth-order valence-electron chi connectivity index (χ4n) is 2.12. The summed E-state index contributed by atoms with van der Waals surface area (Å²) in [6.45, 7) is 0.799. The lowest BCUT2D eigenvalue weighted by Crippen LogP contribution is -2.21. The minimum Gasteiger partial charge on any atom is -0.452 e. The van der Waals surface area contributed by atoms with Gasteiger partial charge in [-0.1, -0.05) is 17.7 Å². The number of benzene rings is 2. The molecule has 27 heavy (non-hydrogen) atoms. The van der Waals surface area contributed by atoms with E-state index in [1.807, 2.05) is 0 Å². The fraction of sp³-hybridized carbons (Fsp3) is 0.125. The lowest BCUT2D eigenvalue weighted by molar-refractivity contribution is -0.385. The number of esters is 1. The van der Waals surface area contributed by atoms with E-state index in [9.17, 15) is 29.8 Å². The normalized spacial score (nSPS) is 10.1. The quantitative estimate of drug-likeness (QED) is 0.450. The highest BCUT2D eigenvalue weighted by atomic mass is 35.5. The van der Waals surface area contributed by atoms with Crippen molar-refractivity contribution in [2.45, 2.75) is 6.92 Å². The van der Waals surface area contributed by atoms with Gasteiger partial charge >= 0.3 is 5.97 Å². The number of nitrogens with zero attached hydrogens (tertiary/aromatic N) is 2. The molecule has 2 aromatic carbocycles. The zero-order valence-corrected chi connectivity index (χ0v) is 14.6.